The number of ether oxygens (including phenoxy) is 1. The average Bonchev–Trinajstić information content (AvgIpc) is 3.38. The molecule has 1 aromatic carbocycles. The van der Waals surface area contributed by atoms with E-state index < -0.39 is 12.3 Å². The van der Waals surface area contributed by atoms with Crippen LogP contribution in [0.1, 0.15) is 34.6 Å². The molecule has 0 spiro atoms. The Hall–Kier alpha value is -3.34. The molecule has 172 valence electrons. The van der Waals surface area contributed by atoms with Gasteiger partial charge in [-0.05, 0) is 47.5 Å². The zero-order valence-electron chi connectivity index (χ0n) is 17.9. The summed E-state index contributed by atoms with van der Waals surface area (Å²) in [4.78, 5) is 17.3. The second-order valence-corrected chi connectivity index (χ2v) is 8.15. The van der Waals surface area contributed by atoms with Gasteiger partial charge >= 0.3 is 0 Å². The van der Waals surface area contributed by atoms with Gasteiger partial charge in [0.25, 0.3) is 12.3 Å². The van der Waals surface area contributed by atoms with Crippen LogP contribution in [-0.2, 0) is 6.54 Å². The first-order valence-electron chi connectivity index (χ1n) is 10.2. The summed E-state index contributed by atoms with van der Waals surface area (Å²) in [5, 5.41) is 11.1. The van der Waals surface area contributed by atoms with Crippen LogP contribution in [-0.4, -0.2) is 43.9 Å². The number of rotatable bonds is 8. The maximum Gasteiger partial charge on any atom is 0.280 e. The topological polar surface area (TPSA) is 86.3 Å². The van der Waals surface area contributed by atoms with E-state index >= 15 is 0 Å². The number of benzene rings is 1. The fourth-order valence-electron chi connectivity index (χ4n) is 3.44. The number of nitrogens with zero attached hydrogens (tertiary/aromatic N) is 5. The Morgan fingerprint density at radius 2 is 2.09 bits per heavy atom. The molecule has 11 heteroatoms. The van der Waals surface area contributed by atoms with Crippen molar-refractivity contribution in [1.29, 1.82) is 0 Å². The predicted molar refractivity (Wildman–Crippen MR) is 122 cm³/mol. The first-order valence-corrected chi connectivity index (χ1v) is 11.0. The quantitative estimate of drug-likeness (QED) is 0.348. The lowest BCUT2D eigenvalue weighted by Gasteiger charge is -2.11. The molecular formula is C22H21BrF2N6O2. The standard InChI is InChI=1S/C22H21BrF2N6O2/c1-13-16(23)12-30(29-13)9-5-8-26-22(32)15-11-27-31-18(20(24)25)10-17(28-21(15)31)14-6-3-4-7-19(14)33-2/h3-4,6-7,10-12,20H,5,8-9H2,1-2H3,(H,26,32). The van der Waals surface area contributed by atoms with Gasteiger partial charge in [0.05, 0.1) is 29.2 Å². The largest absolute Gasteiger partial charge is 0.496 e. The molecule has 0 radical (unpaired) electrons. The summed E-state index contributed by atoms with van der Waals surface area (Å²) in [5.74, 6) is 0.0493. The molecule has 1 N–H and O–H groups in total. The van der Waals surface area contributed by atoms with E-state index in [1.54, 1.807) is 28.9 Å². The van der Waals surface area contributed by atoms with Crippen molar-refractivity contribution < 1.29 is 18.3 Å². The number of hydrogen-bond donors (Lipinski definition) is 1. The lowest BCUT2D eigenvalue weighted by molar-refractivity contribution is 0.0953. The fraction of sp³-hybridized carbons (Fsp3) is 0.273. The van der Waals surface area contributed by atoms with Crippen molar-refractivity contribution in [2.45, 2.75) is 26.3 Å². The fourth-order valence-corrected chi connectivity index (χ4v) is 3.76. The molecule has 4 rings (SSSR count). The summed E-state index contributed by atoms with van der Waals surface area (Å²) >= 11 is 3.41. The number of alkyl halides is 2. The normalized spacial score (nSPS) is 11.3. The van der Waals surface area contributed by atoms with E-state index in [0.717, 1.165) is 14.7 Å². The van der Waals surface area contributed by atoms with Crippen LogP contribution in [0.3, 0.4) is 0 Å². The van der Waals surface area contributed by atoms with Gasteiger partial charge in [-0.15, -0.1) is 0 Å². The Bertz CT molecular complexity index is 1280. The third kappa shape index (κ3) is 4.72. The van der Waals surface area contributed by atoms with Crippen molar-refractivity contribution >= 4 is 27.5 Å². The number of halogens is 3. The maximum atomic E-state index is 13.8. The van der Waals surface area contributed by atoms with Crippen molar-refractivity contribution in [3.8, 4) is 17.0 Å². The van der Waals surface area contributed by atoms with E-state index in [1.165, 1.54) is 19.4 Å². The molecule has 3 aromatic heterocycles. The van der Waals surface area contributed by atoms with E-state index in [9.17, 15) is 13.6 Å². The highest BCUT2D eigenvalue weighted by atomic mass is 79.9. The van der Waals surface area contributed by atoms with Crippen LogP contribution in [0.15, 0.2) is 47.2 Å². The van der Waals surface area contributed by atoms with Crippen LogP contribution in [0.5, 0.6) is 5.75 Å². The van der Waals surface area contributed by atoms with Crippen LogP contribution in [0.4, 0.5) is 8.78 Å². The van der Waals surface area contributed by atoms with Gasteiger partial charge in [-0.3, -0.25) is 9.48 Å². The minimum absolute atomic E-state index is 0.0536. The van der Waals surface area contributed by atoms with Crippen molar-refractivity contribution in [1.82, 2.24) is 29.7 Å². The van der Waals surface area contributed by atoms with Gasteiger partial charge in [0, 0.05) is 24.8 Å². The maximum absolute atomic E-state index is 13.8. The van der Waals surface area contributed by atoms with E-state index in [-0.39, 0.29) is 22.6 Å². The van der Waals surface area contributed by atoms with Crippen LogP contribution in [0.2, 0.25) is 0 Å². The molecule has 0 saturated heterocycles. The van der Waals surface area contributed by atoms with Gasteiger partial charge in [0.2, 0.25) is 0 Å². The van der Waals surface area contributed by atoms with Gasteiger partial charge in [0.1, 0.15) is 17.0 Å². The SMILES string of the molecule is COc1ccccc1-c1cc(C(F)F)n2ncc(C(=O)NCCCn3cc(Br)c(C)n3)c2n1. The van der Waals surface area contributed by atoms with Crippen LogP contribution >= 0.6 is 15.9 Å². The molecule has 33 heavy (non-hydrogen) atoms. The zero-order valence-corrected chi connectivity index (χ0v) is 19.5. The highest BCUT2D eigenvalue weighted by Gasteiger charge is 2.22. The molecule has 0 aliphatic carbocycles. The lowest BCUT2D eigenvalue weighted by atomic mass is 10.1. The Kier molecular flexibility index (Phi) is 6.68. The number of nitrogens with one attached hydrogen (secondary N) is 1. The molecule has 0 bridgehead atoms. The number of carbonyl (C=O) groups excluding carboxylic acids is 1. The summed E-state index contributed by atoms with van der Waals surface area (Å²) in [6, 6.07) is 8.23. The van der Waals surface area contributed by atoms with Gasteiger partial charge in [-0.1, -0.05) is 12.1 Å². The predicted octanol–water partition coefficient (Wildman–Crippen LogP) is 4.43. The molecule has 0 saturated carbocycles. The first kappa shape index (κ1) is 22.8. The van der Waals surface area contributed by atoms with Gasteiger partial charge in [-0.25, -0.2) is 18.3 Å². The summed E-state index contributed by atoms with van der Waals surface area (Å²) in [5.41, 5.74) is 1.50. The minimum atomic E-state index is -2.81. The van der Waals surface area contributed by atoms with Gasteiger partial charge in [-0.2, -0.15) is 10.2 Å². The van der Waals surface area contributed by atoms with E-state index in [2.05, 4.69) is 36.4 Å². The van der Waals surface area contributed by atoms with E-state index in [0.29, 0.717) is 30.8 Å². The van der Waals surface area contributed by atoms with Crippen molar-refractivity contribution in [2.24, 2.45) is 0 Å². The van der Waals surface area contributed by atoms with Crippen LogP contribution in [0, 0.1) is 6.92 Å². The second-order valence-electron chi connectivity index (χ2n) is 7.30. The molecule has 0 atom stereocenters. The first-order chi connectivity index (χ1) is 15.9. The minimum Gasteiger partial charge on any atom is -0.496 e. The number of hydrogen-bond acceptors (Lipinski definition) is 5. The highest BCUT2D eigenvalue weighted by Crippen LogP contribution is 2.32. The Morgan fingerprint density at radius 3 is 2.79 bits per heavy atom. The molecule has 3 heterocycles. The number of para-hydroxylation sites is 1. The summed E-state index contributed by atoms with van der Waals surface area (Å²) in [7, 11) is 1.49. The second kappa shape index (κ2) is 9.65. The molecule has 0 aliphatic rings. The number of amides is 1. The number of carbonyl (C=O) groups is 1. The molecule has 1 amide bonds. The Labute approximate surface area is 196 Å². The van der Waals surface area contributed by atoms with Crippen molar-refractivity contribution in [3.63, 3.8) is 0 Å². The summed E-state index contributed by atoms with van der Waals surface area (Å²) in [6.07, 6.45) is 0.957. The number of aryl methyl sites for hydroxylation is 2. The average molecular weight is 519 g/mol. The van der Waals surface area contributed by atoms with Crippen molar-refractivity contribution in [3.05, 3.63) is 64.1 Å². The summed E-state index contributed by atoms with van der Waals surface area (Å²) < 4.78 is 36.6. The van der Waals surface area contributed by atoms with Crippen LogP contribution < -0.4 is 10.1 Å². The summed E-state index contributed by atoms with van der Waals surface area (Å²) in [6.45, 7) is 2.89. The highest BCUT2D eigenvalue weighted by molar-refractivity contribution is 9.10. The van der Waals surface area contributed by atoms with Crippen LogP contribution in [0.25, 0.3) is 16.9 Å². The number of aromatic nitrogens is 5. The zero-order chi connectivity index (χ0) is 23.5. The smallest absolute Gasteiger partial charge is 0.280 e. The van der Waals surface area contributed by atoms with E-state index in [4.69, 9.17) is 4.74 Å². The van der Waals surface area contributed by atoms with Crippen molar-refractivity contribution in [2.75, 3.05) is 13.7 Å². The van der Waals surface area contributed by atoms with Gasteiger partial charge < -0.3 is 10.1 Å². The number of methoxy groups -OCH3 is 1. The van der Waals surface area contributed by atoms with Gasteiger partial charge in [0.15, 0.2) is 5.65 Å². The molecule has 8 nitrogen and oxygen atoms in total. The molecule has 0 aliphatic heterocycles. The third-order valence-corrected chi connectivity index (χ3v) is 5.87. The molecule has 4 aromatic rings. The monoisotopic (exact) mass is 518 g/mol. The molecular weight excluding hydrogens is 498 g/mol. The Balaban J connectivity index is 1.58. The molecule has 0 unspecified atom stereocenters. The Morgan fingerprint density at radius 1 is 1.30 bits per heavy atom. The molecule has 0 fully saturated rings. The van der Waals surface area contributed by atoms with E-state index in [1.807, 2.05) is 13.1 Å². The third-order valence-electron chi connectivity index (χ3n) is 5.09. The number of fused-ring (bicyclic) bond motifs is 1. The lowest BCUT2D eigenvalue weighted by Crippen LogP contribution is -2.25.